The summed E-state index contributed by atoms with van der Waals surface area (Å²) in [5, 5.41) is 18.9. The van der Waals surface area contributed by atoms with Gasteiger partial charge in [-0.15, -0.1) is 0 Å². The number of rotatable bonds is 4. The molecule has 1 aromatic carbocycles. The Balaban J connectivity index is 1.61. The van der Waals surface area contributed by atoms with Gasteiger partial charge < -0.3 is 10.0 Å². The van der Waals surface area contributed by atoms with Crippen LogP contribution in [-0.4, -0.2) is 59.2 Å². The average molecular weight is 274 g/mol. The largest absolute Gasteiger partial charge is 0.488 e. The molecule has 2 aliphatic heterocycles. The zero-order chi connectivity index (χ0) is 13.9. The first-order valence-corrected chi connectivity index (χ1v) is 7.64. The van der Waals surface area contributed by atoms with Crippen molar-refractivity contribution in [3.05, 3.63) is 29.8 Å². The maximum Gasteiger partial charge on any atom is 0.488 e. The van der Waals surface area contributed by atoms with Crippen molar-refractivity contribution >= 4 is 12.6 Å². The zero-order valence-electron chi connectivity index (χ0n) is 11.9. The Morgan fingerprint density at radius 1 is 1.10 bits per heavy atom. The molecule has 0 aromatic heterocycles. The van der Waals surface area contributed by atoms with Crippen molar-refractivity contribution in [3.63, 3.8) is 0 Å². The van der Waals surface area contributed by atoms with Gasteiger partial charge in [0, 0.05) is 25.7 Å². The molecule has 5 heteroatoms. The smallest absolute Gasteiger partial charge is 0.423 e. The number of benzene rings is 1. The van der Waals surface area contributed by atoms with Gasteiger partial charge in [-0.1, -0.05) is 24.3 Å². The first-order chi connectivity index (χ1) is 9.74. The van der Waals surface area contributed by atoms with E-state index in [9.17, 15) is 10.0 Å². The molecule has 3 rings (SSSR count). The molecule has 1 atom stereocenters. The van der Waals surface area contributed by atoms with Crippen LogP contribution < -0.4 is 5.46 Å². The molecule has 2 aliphatic rings. The van der Waals surface area contributed by atoms with Crippen molar-refractivity contribution in [1.82, 2.24) is 9.80 Å². The molecule has 0 saturated carbocycles. The summed E-state index contributed by atoms with van der Waals surface area (Å²) in [5.74, 6) is 0. The first kappa shape index (κ1) is 14.1. The minimum absolute atomic E-state index is 0.636. The van der Waals surface area contributed by atoms with Crippen molar-refractivity contribution in [2.75, 3.05) is 26.2 Å². The summed E-state index contributed by atoms with van der Waals surface area (Å²) in [4.78, 5) is 5.05. The molecular weight excluding hydrogens is 251 g/mol. The molecule has 2 saturated heterocycles. The van der Waals surface area contributed by atoms with E-state index in [0.29, 0.717) is 11.5 Å². The summed E-state index contributed by atoms with van der Waals surface area (Å²) >= 11 is 0. The Kier molecular flexibility index (Phi) is 4.41. The van der Waals surface area contributed by atoms with E-state index >= 15 is 0 Å². The second kappa shape index (κ2) is 6.27. The van der Waals surface area contributed by atoms with Crippen LogP contribution in [-0.2, 0) is 6.54 Å². The van der Waals surface area contributed by atoms with E-state index in [1.165, 1.54) is 32.4 Å². The summed E-state index contributed by atoms with van der Waals surface area (Å²) in [6, 6.07) is 8.32. The van der Waals surface area contributed by atoms with Gasteiger partial charge in [0.15, 0.2) is 0 Å². The van der Waals surface area contributed by atoms with Gasteiger partial charge in [0.05, 0.1) is 0 Å². The van der Waals surface area contributed by atoms with E-state index in [4.69, 9.17) is 0 Å². The Morgan fingerprint density at radius 2 is 1.85 bits per heavy atom. The van der Waals surface area contributed by atoms with Crippen molar-refractivity contribution in [2.24, 2.45) is 0 Å². The molecule has 2 heterocycles. The second-order valence-corrected chi connectivity index (χ2v) is 5.99. The fraction of sp³-hybridized carbons (Fsp3) is 0.600. The van der Waals surface area contributed by atoms with E-state index in [0.717, 1.165) is 25.2 Å². The third kappa shape index (κ3) is 3.06. The van der Waals surface area contributed by atoms with Gasteiger partial charge in [0.1, 0.15) is 0 Å². The monoisotopic (exact) mass is 274 g/mol. The highest BCUT2D eigenvalue weighted by Gasteiger charge is 2.29. The summed E-state index contributed by atoms with van der Waals surface area (Å²) in [5.41, 5.74) is 1.67. The summed E-state index contributed by atoms with van der Waals surface area (Å²) in [6.45, 7) is 5.54. The average Bonchev–Trinajstić information content (AvgIpc) is 3.09. The molecule has 0 aliphatic carbocycles. The Labute approximate surface area is 121 Å². The van der Waals surface area contributed by atoms with Crippen molar-refractivity contribution in [3.8, 4) is 0 Å². The lowest BCUT2D eigenvalue weighted by Gasteiger charge is -2.24. The lowest BCUT2D eigenvalue weighted by Crippen LogP contribution is -2.37. The topological polar surface area (TPSA) is 46.9 Å². The zero-order valence-corrected chi connectivity index (χ0v) is 11.9. The standard InChI is InChI=1S/C15H23BN2O2/c19-16(20)15-6-2-1-5-13(15)11-17-10-7-14(12-17)18-8-3-4-9-18/h1-2,5-6,14,19-20H,3-4,7-12H2. The predicted molar refractivity (Wildman–Crippen MR) is 80.8 cm³/mol. The van der Waals surface area contributed by atoms with Gasteiger partial charge in [0.2, 0.25) is 0 Å². The minimum atomic E-state index is -1.37. The molecular formula is C15H23BN2O2. The highest BCUT2D eigenvalue weighted by Crippen LogP contribution is 2.21. The van der Waals surface area contributed by atoms with Gasteiger partial charge >= 0.3 is 7.12 Å². The van der Waals surface area contributed by atoms with Crippen LogP contribution in [0.5, 0.6) is 0 Å². The highest BCUT2D eigenvalue weighted by molar-refractivity contribution is 6.59. The summed E-state index contributed by atoms with van der Waals surface area (Å²) in [6.07, 6.45) is 3.93. The van der Waals surface area contributed by atoms with Crippen molar-refractivity contribution in [2.45, 2.75) is 31.8 Å². The van der Waals surface area contributed by atoms with Crippen molar-refractivity contribution in [1.29, 1.82) is 0 Å². The Hall–Kier alpha value is -0.875. The number of nitrogens with zero attached hydrogens (tertiary/aromatic N) is 2. The molecule has 1 aromatic rings. The fourth-order valence-electron chi connectivity index (χ4n) is 3.53. The van der Waals surface area contributed by atoms with E-state index in [1.54, 1.807) is 6.07 Å². The van der Waals surface area contributed by atoms with Gasteiger partial charge in [-0.3, -0.25) is 9.80 Å². The number of hydrogen-bond donors (Lipinski definition) is 2. The number of likely N-dealkylation sites (tertiary alicyclic amines) is 2. The fourth-order valence-corrected chi connectivity index (χ4v) is 3.53. The van der Waals surface area contributed by atoms with Crippen LogP contribution in [0.4, 0.5) is 0 Å². The van der Waals surface area contributed by atoms with Crippen LogP contribution in [0.3, 0.4) is 0 Å². The van der Waals surface area contributed by atoms with Gasteiger partial charge in [-0.05, 0) is 43.4 Å². The minimum Gasteiger partial charge on any atom is -0.423 e. The Bertz CT molecular complexity index is 449. The lowest BCUT2D eigenvalue weighted by atomic mass is 9.77. The molecule has 2 N–H and O–H groups in total. The molecule has 0 radical (unpaired) electrons. The quantitative estimate of drug-likeness (QED) is 0.761. The molecule has 0 spiro atoms. The number of hydrogen-bond acceptors (Lipinski definition) is 4. The van der Waals surface area contributed by atoms with Crippen LogP contribution in [0.1, 0.15) is 24.8 Å². The third-order valence-electron chi connectivity index (χ3n) is 4.63. The predicted octanol–water partition coefficient (Wildman–Crippen LogP) is 0.0365. The lowest BCUT2D eigenvalue weighted by molar-refractivity contribution is 0.230. The van der Waals surface area contributed by atoms with Gasteiger partial charge in [0.25, 0.3) is 0 Å². The maximum atomic E-state index is 9.43. The first-order valence-electron chi connectivity index (χ1n) is 7.64. The molecule has 108 valence electrons. The van der Waals surface area contributed by atoms with Crippen LogP contribution >= 0.6 is 0 Å². The van der Waals surface area contributed by atoms with Crippen LogP contribution in [0.25, 0.3) is 0 Å². The second-order valence-electron chi connectivity index (χ2n) is 5.99. The van der Waals surface area contributed by atoms with Crippen LogP contribution in [0.2, 0.25) is 0 Å². The van der Waals surface area contributed by atoms with E-state index in [1.807, 2.05) is 18.2 Å². The van der Waals surface area contributed by atoms with E-state index in [-0.39, 0.29) is 0 Å². The van der Waals surface area contributed by atoms with Gasteiger partial charge in [-0.2, -0.15) is 0 Å². The molecule has 20 heavy (non-hydrogen) atoms. The molecule has 4 nitrogen and oxygen atoms in total. The third-order valence-corrected chi connectivity index (χ3v) is 4.63. The van der Waals surface area contributed by atoms with E-state index < -0.39 is 7.12 Å². The Morgan fingerprint density at radius 3 is 2.60 bits per heavy atom. The summed E-state index contributed by atoms with van der Waals surface area (Å²) < 4.78 is 0. The van der Waals surface area contributed by atoms with E-state index in [2.05, 4.69) is 9.80 Å². The van der Waals surface area contributed by atoms with Crippen LogP contribution in [0, 0.1) is 0 Å². The van der Waals surface area contributed by atoms with Crippen LogP contribution in [0.15, 0.2) is 24.3 Å². The van der Waals surface area contributed by atoms with Gasteiger partial charge in [-0.25, -0.2) is 0 Å². The normalized spacial score (nSPS) is 24.4. The molecule has 1 unspecified atom stereocenters. The molecule has 0 amide bonds. The highest BCUT2D eigenvalue weighted by atomic mass is 16.4. The maximum absolute atomic E-state index is 9.43. The molecule has 0 bridgehead atoms. The van der Waals surface area contributed by atoms with Crippen molar-refractivity contribution < 1.29 is 10.0 Å². The summed E-state index contributed by atoms with van der Waals surface area (Å²) in [7, 11) is -1.37. The molecule has 2 fully saturated rings. The SMILES string of the molecule is OB(O)c1ccccc1CN1CCC(N2CCCC2)C1.